The standard InChI is InChI=1S/C16H15Br2NO2/c1-3-21-14-6-4-5-13(19)15(14)16(20)10-8-11(17)9(2)7-12(10)18/h4-8H,3,19H2,1-2H3. The third-order valence-electron chi connectivity index (χ3n) is 3.08. The van der Waals surface area contributed by atoms with Crippen molar-refractivity contribution in [2.45, 2.75) is 13.8 Å². The van der Waals surface area contributed by atoms with Crippen LogP contribution in [0, 0.1) is 6.92 Å². The van der Waals surface area contributed by atoms with E-state index in [0.29, 0.717) is 29.2 Å². The van der Waals surface area contributed by atoms with Crippen molar-refractivity contribution in [3.05, 3.63) is 56.0 Å². The number of aryl methyl sites for hydroxylation is 1. The molecule has 0 aromatic heterocycles. The van der Waals surface area contributed by atoms with Gasteiger partial charge in [-0.2, -0.15) is 0 Å². The molecule has 0 amide bonds. The average Bonchev–Trinajstić information content (AvgIpc) is 2.43. The van der Waals surface area contributed by atoms with Crippen LogP contribution < -0.4 is 10.5 Å². The monoisotopic (exact) mass is 411 g/mol. The summed E-state index contributed by atoms with van der Waals surface area (Å²) < 4.78 is 7.14. The minimum Gasteiger partial charge on any atom is -0.493 e. The van der Waals surface area contributed by atoms with E-state index in [1.54, 1.807) is 24.3 Å². The zero-order chi connectivity index (χ0) is 15.6. The van der Waals surface area contributed by atoms with Crippen LogP contribution in [-0.4, -0.2) is 12.4 Å². The van der Waals surface area contributed by atoms with Gasteiger partial charge in [0.1, 0.15) is 5.75 Å². The molecule has 0 radical (unpaired) electrons. The Hall–Kier alpha value is -1.33. The molecule has 0 bridgehead atoms. The predicted octanol–water partition coefficient (Wildman–Crippen LogP) is 4.73. The molecule has 110 valence electrons. The van der Waals surface area contributed by atoms with Crippen molar-refractivity contribution in [3.63, 3.8) is 0 Å². The summed E-state index contributed by atoms with van der Waals surface area (Å²) in [6.07, 6.45) is 0. The van der Waals surface area contributed by atoms with E-state index in [9.17, 15) is 4.79 Å². The van der Waals surface area contributed by atoms with Crippen LogP contribution in [0.4, 0.5) is 5.69 Å². The first-order chi connectivity index (χ1) is 9.95. The molecule has 21 heavy (non-hydrogen) atoms. The first kappa shape index (κ1) is 16.0. The maximum absolute atomic E-state index is 12.8. The van der Waals surface area contributed by atoms with Crippen LogP contribution in [0.2, 0.25) is 0 Å². The lowest BCUT2D eigenvalue weighted by Crippen LogP contribution is -2.09. The lowest BCUT2D eigenvalue weighted by atomic mass is 10.00. The highest BCUT2D eigenvalue weighted by Crippen LogP contribution is 2.32. The molecule has 0 saturated carbocycles. The molecule has 0 aliphatic heterocycles. The van der Waals surface area contributed by atoms with Crippen LogP contribution in [0.3, 0.4) is 0 Å². The molecule has 0 aliphatic rings. The first-order valence-corrected chi connectivity index (χ1v) is 8.06. The van der Waals surface area contributed by atoms with Crippen LogP contribution in [0.1, 0.15) is 28.4 Å². The molecule has 0 atom stereocenters. The topological polar surface area (TPSA) is 52.3 Å². The molecule has 2 aromatic rings. The number of ether oxygens (including phenoxy) is 1. The Morgan fingerprint density at radius 1 is 1.24 bits per heavy atom. The number of ketones is 1. The number of nitrogens with two attached hydrogens (primary N) is 1. The van der Waals surface area contributed by atoms with Crippen molar-refractivity contribution in [2.24, 2.45) is 0 Å². The highest BCUT2D eigenvalue weighted by molar-refractivity contribution is 9.11. The number of halogens is 2. The van der Waals surface area contributed by atoms with Crippen LogP contribution in [0.5, 0.6) is 5.75 Å². The van der Waals surface area contributed by atoms with E-state index in [1.807, 2.05) is 19.9 Å². The first-order valence-electron chi connectivity index (χ1n) is 6.47. The zero-order valence-corrected chi connectivity index (χ0v) is 14.9. The summed E-state index contributed by atoms with van der Waals surface area (Å²) in [4.78, 5) is 12.8. The van der Waals surface area contributed by atoms with E-state index in [4.69, 9.17) is 10.5 Å². The van der Waals surface area contributed by atoms with Gasteiger partial charge in [-0.3, -0.25) is 4.79 Å². The van der Waals surface area contributed by atoms with Crippen LogP contribution in [0.15, 0.2) is 39.3 Å². The third-order valence-corrected chi connectivity index (χ3v) is 4.59. The predicted molar refractivity (Wildman–Crippen MR) is 92.0 cm³/mol. The van der Waals surface area contributed by atoms with E-state index in [-0.39, 0.29) is 5.78 Å². The fraction of sp³-hybridized carbons (Fsp3) is 0.188. The van der Waals surface area contributed by atoms with Crippen molar-refractivity contribution >= 4 is 43.3 Å². The molecule has 0 unspecified atom stereocenters. The summed E-state index contributed by atoms with van der Waals surface area (Å²) in [5.41, 5.74) is 8.38. The molecule has 0 aliphatic carbocycles. The number of anilines is 1. The van der Waals surface area contributed by atoms with E-state index >= 15 is 0 Å². The van der Waals surface area contributed by atoms with E-state index in [2.05, 4.69) is 31.9 Å². The molecule has 2 N–H and O–H groups in total. The summed E-state index contributed by atoms with van der Waals surface area (Å²) >= 11 is 6.90. The molecule has 2 aromatic carbocycles. The van der Waals surface area contributed by atoms with Gasteiger partial charge in [-0.15, -0.1) is 0 Å². The van der Waals surface area contributed by atoms with E-state index in [1.165, 1.54) is 0 Å². The summed E-state index contributed by atoms with van der Waals surface area (Å²) in [5, 5.41) is 0. The average molecular weight is 413 g/mol. The van der Waals surface area contributed by atoms with Gasteiger partial charge in [-0.25, -0.2) is 0 Å². The Balaban J connectivity index is 2.57. The summed E-state index contributed by atoms with van der Waals surface area (Å²) in [6.45, 7) is 4.31. The number of hydrogen-bond donors (Lipinski definition) is 1. The van der Waals surface area contributed by atoms with E-state index in [0.717, 1.165) is 14.5 Å². The molecule has 0 spiro atoms. The third kappa shape index (κ3) is 3.30. The minimum atomic E-state index is -0.163. The van der Waals surface area contributed by atoms with Crippen molar-refractivity contribution in [1.29, 1.82) is 0 Å². The summed E-state index contributed by atoms with van der Waals surface area (Å²) in [6, 6.07) is 8.93. The molecule has 0 saturated heterocycles. The van der Waals surface area contributed by atoms with E-state index < -0.39 is 0 Å². The Kier molecular flexibility index (Phi) is 5.06. The number of carbonyl (C=O) groups is 1. The summed E-state index contributed by atoms with van der Waals surface area (Å²) in [5.74, 6) is 0.343. The van der Waals surface area contributed by atoms with Crippen LogP contribution >= 0.6 is 31.9 Å². The molecule has 2 rings (SSSR count). The molecule has 5 heteroatoms. The van der Waals surface area contributed by atoms with Crippen molar-refractivity contribution < 1.29 is 9.53 Å². The molecular weight excluding hydrogens is 398 g/mol. The highest BCUT2D eigenvalue weighted by Gasteiger charge is 2.20. The van der Waals surface area contributed by atoms with Gasteiger partial charge < -0.3 is 10.5 Å². The highest BCUT2D eigenvalue weighted by atomic mass is 79.9. The number of rotatable bonds is 4. The van der Waals surface area contributed by atoms with Gasteiger partial charge >= 0.3 is 0 Å². The van der Waals surface area contributed by atoms with Crippen LogP contribution in [0.25, 0.3) is 0 Å². The maximum atomic E-state index is 12.8. The fourth-order valence-electron chi connectivity index (χ4n) is 2.02. The number of hydrogen-bond acceptors (Lipinski definition) is 3. The zero-order valence-electron chi connectivity index (χ0n) is 11.7. The Morgan fingerprint density at radius 2 is 1.95 bits per heavy atom. The van der Waals surface area contributed by atoms with Gasteiger partial charge in [0.2, 0.25) is 0 Å². The smallest absolute Gasteiger partial charge is 0.200 e. The van der Waals surface area contributed by atoms with Crippen LogP contribution in [-0.2, 0) is 0 Å². The van der Waals surface area contributed by atoms with Crippen molar-refractivity contribution in [1.82, 2.24) is 0 Å². The minimum absolute atomic E-state index is 0.163. The number of benzene rings is 2. The van der Waals surface area contributed by atoms with Gasteiger partial charge in [-0.1, -0.05) is 37.9 Å². The maximum Gasteiger partial charge on any atom is 0.200 e. The molecule has 0 fully saturated rings. The fourth-order valence-corrected chi connectivity index (χ4v) is 3.00. The normalized spacial score (nSPS) is 10.5. The molecule has 3 nitrogen and oxygen atoms in total. The summed E-state index contributed by atoms with van der Waals surface area (Å²) in [7, 11) is 0. The Labute approximate surface area is 140 Å². The Bertz CT molecular complexity index is 699. The number of nitrogen functional groups attached to an aromatic ring is 1. The second-order valence-electron chi connectivity index (χ2n) is 4.56. The molecular formula is C16H15Br2NO2. The van der Waals surface area contributed by atoms with Gasteiger partial charge in [-0.05, 0) is 43.7 Å². The van der Waals surface area contributed by atoms with Gasteiger partial charge in [0, 0.05) is 20.2 Å². The largest absolute Gasteiger partial charge is 0.493 e. The molecule has 0 heterocycles. The van der Waals surface area contributed by atoms with Crippen molar-refractivity contribution in [2.75, 3.05) is 12.3 Å². The van der Waals surface area contributed by atoms with Crippen molar-refractivity contribution in [3.8, 4) is 5.75 Å². The second kappa shape index (κ2) is 6.62. The lowest BCUT2D eigenvalue weighted by molar-refractivity contribution is 0.103. The van der Waals surface area contributed by atoms with Gasteiger partial charge in [0.05, 0.1) is 12.2 Å². The quantitative estimate of drug-likeness (QED) is 0.583. The number of carbonyl (C=O) groups excluding carboxylic acids is 1. The SMILES string of the molecule is CCOc1cccc(N)c1C(=O)c1cc(Br)c(C)cc1Br. The Morgan fingerprint density at radius 3 is 2.62 bits per heavy atom. The van der Waals surface area contributed by atoms with Gasteiger partial charge in [0.25, 0.3) is 0 Å². The second-order valence-corrected chi connectivity index (χ2v) is 6.27. The van der Waals surface area contributed by atoms with Gasteiger partial charge in [0.15, 0.2) is 5.78 Å². The lowest BCUT2D eigenvalue weighted by Gasteiger charge is -2.13.